The van der Waals surface area contributed by atoms with Crippen molar-refractivity contribution in [3.05, 3.63) is 76.8 Å². The summed E-state index contributed by atoms with van der Waals surface area (Å²) in [6.45, 7) is 12.9. The van der Waals surface area contributed by atoms with Gasteiger partial charge in [-0.15, -0.1) is 0 Å². The number of halogens is 1. The van der Waals surface area contributed by atoms with Crippen molar-refractivity contribution in [2.75, 3.05) is 6.61 Å². The van der Waals surface area contributed by atoms with E-state index in [2.05, 4.69) is 57.5 Å². The molecule has 0 aromatic heterocycles. The van der Waals surface area contributed by atoms with Crippen molar-refractivity contribution in [1.82, 2.24) is 0 Å². The normalized spacial score (nSPS) is 26.0. The summed E-state index contributed by atoms with van der Waals surface area (Å²) >= 11 is 3.53. The minimum atomic E-state index is -4.11. The number of carbonyl (C=O) groups is 1. The molecular weight excluding hydrogens is 675 g/mol. The Balaban J connectivity index is 1.50. The van der Waals surface area contributed by atoms with Crippen LogP contribution in [-0.2, 0) is 23.1 Å². The topological polar surface area (TPSA) is 71.1 Å². The molecule has 0 aliphatic heterocycles. The SMILES string of the molecule is CC(C)[C@H]1CC[C@@H](C)C[C@H]1OP(=O)(O[C@@H]1C[C@H](C)CC[C@@H]1C(C)C)[C@@H](OC(=O)COc1cccc2ccccc12)c1ccc(Br)cc1. The summed E-state index contributed by atoms with van der Waals surface area (Å²) in [4.78, 5) is 13.7. The zero-order chi connectivity index (χ0) is 33.7. The molecular formula is C39H52BrO6P. The second-order valence-electron chi connectivity index (χ2n) is 14.6. The number of esters is 1. The van der Waals surface area contributed by atoms with Crippen molar-refractivity contribution in [2.45, 2.75) is 98.1 Å². The molecule has 0 N–H and O–H groups in total. The molecule has 0 radical (unpaired) electrons. The van der Waals surface area contributed by atoms with E-state index in [-0.39, 0.29) is 30.7 Å². The molecule has 8 heteroatoms. The van der Waals surface area contributed by atoms with Crippen LogP contribution in [0.15, 0.2) is 71.2 Å². The van der Waals surface area contributed by atoms with Crippen molar-refractivity contribution in [2.24, 2.45) is 35.5 Å². The average molecular weight is 728 g/mol. The zero-order valence-corrected chi connectivity index (χ0v) is 31.3. The third-order valence-corrected chi connectivity index (χ3v) is 12.9. The van der Waals surface area contributed by atoms with E-state index in [1.165, 1.54) is 0 Å². The van der Waals surface area contributed by atoms with E-state index in [0.717, 1.165) is 53.8 Å². The van der Waals surface area contributed by atoms with Crippen LogP contribution in [0.5, 0.6) is 5.75 Å². The number of ether oxygens (including phenoxy) is 2. The highest BCUT2D eigenvalue weighted by Crippen LogP contribution is 2.66. The van der Waals surface area contributed by atoms with Crippen molar-refractivity contribution in [1.29, 1.82) is 0 Å². The van der Waals surface area contributed by atoms with Gasteiger partial charge in [-0.05, 0) is 84.8 Å². The van der Waals surface area contributed by atoms with E-state index in [1.807, 2.05) is 66.7 Å². The first-order valence-corrected chi connectivity index (χ1v) is 19.9. The number of hydrogen-bond acceptors (Lipinski definition) is 6. The third kappa shape index (κ3) is 9.09. The van der Waals surface area contributed by atoms with Gasteiger partial charge >= 0.3 is 13.6 Å². The monoisotopic (exact) mass is 726 g/mol. The minimum absolute atomic E-state index is 0.227. The van der Waals surface area contributed by atoms with Crippen LogP contribution in [0.1, 0.15) is 91.5 Å². The molecule has 7 atom stereocenters. The van der Waals surface area contributed by atoms with Crippen LogP contribution in [-0.4, -0.2) is 24.8 Å². The quantitative estimate of drug-likeness (QED) is 0.137. The van der Waals surface area contributed by atoms with Gasteiger partial charge in [0.25, 0.3) is 0 Å². The molecule has 2 aliphatic rings. The van der Waals surface area contributed by atoms with Gasteiger partial charge in [0.1, 0.15) is 5.75 Å². The molecule has 2 aliphatic carbocycles. The lowest BCUT2D eigenvalue weighted by atomic mass is 9.75. The molecule has 256 valence electrons. The summed E-state index contributed by atoms with van der Waals surface area (Å²) in [6.07, 6.45) is 5.26. The van der Waals surface area contributed by atoms with Crippen molar-refractivity contribution < 1.29 is 27.9 Å². The smallest absolute Gasteiger partial charge is 0.376 e. The average Bonchev–Trinajstić information content (AvgIpc) is 3.03. The molecule has 0 amide bonds. The van der Waals surface area contributed by atoms with E-state index in [0.29, 0.717) is 35.0 Å². The van der Waals surface area contributed by atoms with E-state index in [4.69, 9.17) is 18.5 Å². The Morgan fingerprint density at radius 3 is 1.91 bits per heavy atom. The molecule has 2 saturated carbocycles. The van der Waals surface area contributed by atoms with Gasteiger partial charge in [-0.3, -0.25) is 4.57 Å². The molecule has 0 unspecified atom stereocenters. The Bertz CT molecular complexity index is 1480. The van der Waals surface area contributed by atoms with Gasteiger partial charge < -0.3 is 18.5 Å². The molecule has 47 heavy (non-hydrogen) atoms. The van der Waals surface area contributed by atoms with Crippen LogP contribution in [0.3, 0.4) is 0 Å². The summed E-state index contributed by atoms with van der Waals surface area (Å²) < 4.78 is 42.5. The second-order valence-corrected chi connectivity index (χ2v) is 17.5. The second kappa shape index (κ2) is 16.0. The Kier molecular flexibility index (Phi) is 12.3. The predicted molar refractivity (Wildman–Crippen MR) is 192 cm³/mol. The van der Waals surface area contributed by atoms with Crippen LogP contribution < -0.4 is 4.74 Å². The summed E-state index contributed by atoms with van der Waals surface area (Å²) in [5.74, 6) is 0.734. The first-order chi connectivity index (χ1) is 22.4. The lowest BCUT2D eigenvalue weighted by Crippen LogP contribution is -2.37. The van der Waals surface area contributed by atoms with Crippen LogP contribution in [0.4, 0.5) is 0 Å². The van der Waals surface area contributed by atoms with E-state index < -0.39 is 19.4 Å². The highest BCUT2D eigenvalue weighted by atomic mass is 79.9. The molecule has 6 nitrogen and oxygen atoms in total. The number of hydrogen-bond donors (Lipinski definition) is 0. The maximum Gasteiger partial charge on any atom is 0.376 e. The van der Waals surface area contributed by atoms with Crippen LogP contribution in [0, 0.1) is 35.5 Å². The van der Waals surface area contributed by atoms with Crippen LogP contribution in [0.2, 0.25) is 0 Å². The van der Waals surface area contributed by atoms with Gasteiger partial charge in [-0.2, -0.15) is 0 Å². The molecule has 3 aromatic rings. The van der Waals surface area contributed by atoms with Gasteiger partial charge in [0.15, 0.2) is 6.61 Å². The minimum Gasteiger partial charge on any atom is -0.481 e. The standard InChI is InChI=1S/C39H52BrO6P/c1-25(2)32-20-14-27(5)22-36(32)45-47(42,46-37-23-28(6)15-21-33(37)26(3)4)39(30-16-18-31(40)19-17-30)44-38(41)24-43-35-13-9-11-29-10-7-8-12-34(29)35/h7-13,16-19,25-28,32-33,36-37,39H,14-15,20-24H2,1-6H3/t27-,28-,32-,33-,36-,37-,39-/m1/s1. The first kappa shape index (κ1) is 36.1. The highest BCUT2D eigenvalue weighted by Gasteiger charge is 2.49. The Labute approximate surface area is 289 Å². The Morgan fingerprint density at radius 1 is 0.787 bits per heavy atom. The van der Waals surface area contributed by atoms with Crippen LogP contribution in [0.25, 0.3) is 10.8 Å². The van der Waals surface area contributed by atoms with Crippen molar-refractivity contribution >= 4 is 40.3 Å². The maximum absolute atomic E-state index is 15.7. The largest absolute Gasteiger partial charge is 0.481 e. The lowest BCUT2D eigenvalue weighted by Gasteiger charge is -2.43. The number of fused-ring (bicyclic) bond motifs is 1. The molecule has 2 fully saturated rings. The Morgan fingerprint density at radius 2 is 1.34 bits per heavy atom. The molecule has 0 bridgehead atoms. The van der Waals surface area contributed by atoms with Gasteiger partial charge in [-0.25, -0.2) is 4.79 Å². The van der Waals surface area contributed by atoms with Crippen molar-refractivity contribution in [3.63, 3.8) is 0 Å². The Hall–Kier alpha value is -2.18. The predicted octanol–water partition coefficient (Wildman–Crippen LogP) is 11.4. The maximum atomic E-state index is 15.7. The fourth-order valence-electron chi connectivity index (χ4n) is 7.54. The van der Waals surface area contributed by atoms with E-state index >= 15 is 4.57 Å². The number of carbonyl (C=O) groups excluding carboxylic acids is 1. The van der Waals surface area contributed by atoms with Gasteiger partial charge in [-0.1, -0.05) is 119 Å². The van der Waals surface area contributed by atoms with E-state index in [1.54, 1.807) is 0 Å². The first-order valence-electron chi connectivity index (χ1n) is 17.5. The fourth-order valence-corrected chi connectivity index (χ4v) is 10.1. The summed E-state index contributed by atoms with van der Waals surface area (Å²) in [6, 6.07) is 21.0. The van der Waals surface area contributed by atoms with Crippen molar-refractivity contribution in [3.8, 4) is 5.75 Å². The highest BCUT2D eigenvalue weighted by molar-refractivity contribution is 9.10. The fraction of sp³-hybridized carbons (Fsp3) is 0.564. The molecule has 0 spiro atoms. The lowest BCUT2D eigenvalue weighted by molar-refractivity contribution is -0.149. The van der Waals surface area contributed by atoms with E-state index in [9.17, 15) is 4.79 Å². The zero-order valence-electron chi connectivity index (χ0n) is 28.8. The van der Waals surface area contributed by atoms with Crippen LogP contribution >= 0.6 is 23.5 Å². The summed E-state index contributed by atoms with van der Waals surface area (Å²) in [7, 11) is -4.11. The summed E-state index contributed by atoms with van der Waals surface area (Å²) in [5.41, 5.74) is 0.574. The molecule has 0 heterocycles. The van der Waals surface area contributed by atoms with Gasteiger partial charge in [0.2, 0.25) is 5.85 Å². The number of benzene rings is 3. The summed E-state index contributed by atoms with van der Waals surface area (Å²) in [5, 5.41) is 1.92. The van der Waals surface area contributed by atoms with Gasteiger partial charge in [0.05, 0.1) is 12.2 Å². The van der Waals surface area contributed by atoms with Gasteiger partial charge in [0, 0.05) is 15.4 Å². The number of rotatable bonds is 12. The third-order valence-electron chi connectivity index (χ3n) is 10.3. The molecule has 3 aromatic carbocycles. The molecule has 5 rings (SSSR count). The molecule has 0 saturated heterocycles.